The lowest BCUT2D eigenvalue weighted by Crippen LogP contribution is -2.40. The Balaban J connectivity index is 2.33. The second-order valence-corrected chi connectivity index (χ2v) is 7.68. The van der Waals surface area contributed by atoms with Crippen molar-refractivity contribution in [2.24, 2.45) is 5.92 Å². The van der Waals surface area contributed by atoms with Gasteiger partial charge in [0.2, 0.25) is 0 Å². The summed E-state index contributed by atoms with van der Waals surface area (Å²) in [6.45, 7) is 10.1. The summed E-state index contributed by atoms with van der Waals surface area (Å²) in [5, 5.41) is 0. The van der Waals surface area contributed by atoms with Crippen molar-refractivity contribution in [2.75, 3.05) is 18.6 Å². The minimum atomic E-state index is -0.546. The average molecular weight is 348 g/mol. The Kier molecular flexibility index (Phi) is 5.70. The summed E-state index contributed by atoms with van der Waals surface area (Å²) < 4.78 is 10.4. The van der Waals surface area contributed by atoms with Crippen LogP contribution in [0.5, 0.6) is 0 Å². The molecule has 0 spiro atoms. The fraction of sp³-hybridized carbons (Fsp3) is 0.632. The molecule has 0 bridgehead atoms. The molecule has 0 aromatic carbocycles. The van der Waals surface area contributed by atoms with Crippen LogP contribution in [0.25, 0.3) is 0 Å². The van der Waals surface area contributed by atoms with E-state index in [4.69, 9.17) is 9.47 Å². The maximum atomic E-state index is 12.5. The third kappa shape index (κ3) is 4.50. The number of rotatable bonds is 3. The van der Waals surface area contributed by atoms with E-state index in [-0.39, 0.29) is 18.0 Å². The third-order valence-corrected chi connectivity index (χ3v) is 4.11. The summed E-state index contributed by atoms with van der Waals surface area (Å²) in [6, 6.07) is 3.67. The third-order valence-electron chi connectivity index (χ3n) is 4.11. The Morgan fingerprint density at radius 2 is 1.92 bits per heavy atom. The number of aryl methyl sites for hydroxylation is 1. The molecular formula is C19H28N2O4. The van der Waals surface area contributed by atoms with Gasteiger partial charge in [0, 0.05) is 6.54 Å². The lowest BCUT2D eigenvalue weighted by Gasteiger charge is -2.31. The van der Waals surface area contributed by atoms with Gasteiger partial charge in [0.1, 0.15) is 11.5 Å². The molecule has 1 aliphatic rings. The molecule has 1 unspecified atom stereocenters. The largest absolute Gasteiger partial charge is 0.468 e. The van der Waals surface area contributed by atoms with E-state index in [1.54, 1.807) is 4.90 Å². The molecule has 1 atom stereocenters. The molecule has 0 fully saturated rings. The molecule has 6 heteroatoms. The normalized spacial score (nSPS) is 15.6. The van der Waals surface area contributed by atoms with Gasteiger partial charge < -0.3 is 9.47 Å². The molecule has 6 nitrogen and oxygen atoms in total. The van der Waals surface area contributed by atoms with E-state index >= 15 is 0 Å². The number of fused-ring (bicyclic) bond motifs is 1. The molecule has 1 amide bonds. The zero-order valence-electron chi connectivity index (χ0n) is 16.0. The number of hydrogen-bond donors (Lipinski definition) is 0. The van der Waals surface area contributed by atoms with Gasteiger partial charge in [-0.1, -0.05) is 13.8 Å². The van der Waals surface area contributed by atoms with Crippen LogP contribution < -0.4 is 4.90 Å². The molecule has 0 radical (unpaired) electrons. The van der Waals surface area contributed by atoms with Crippen LogP contribution in [0.3, 0.4) is 0 Å². The van der Waals surface area contributed by atoms with Crippen LogP contribution in [-0.4, -0.2) is 36.3 Å². The molecule has 2 rings (SSSR count). The first-order valence-corrected chi connectivity index (χ1v) is 8.72. The highest BCUT2D eigenvalue weighted by Gasteiger charge is 2.31. The van der Waals surface area contributed by atoms with Gasteiger partial charge in [0.05, 0.1) is 24.2 Å². The fourth-order valence-corrected chi connectivity index (χ4v) is 3.01. The van der Waals surface area contributed by atoms with Crippen molar-refractivity contribution in [1.82, 2.24) is 4.98 Å². The van der Waals surface area contributed by atoms with Gasteiger partial charge in [-0.15, -0.1) is 0 Å². The number of ether oxygens (including phenoxy) is 2. The molecule has 0 saturated heterocycles. The summed E-state index contributed by atoms with van der Waals surface area (Å²) in [6.07, 6.45) is 1.22. The maximum Gasteiger partial charge on any atom is 0.414 e. The van der Waals surface area contributed by atoms with E-state index in [0.29, 0.717) is 12.2 Å². The van der Waals surface area contributed by atoms with Gasteiger partial charge in [-0.05, 0) is 51.7 Å². The minimum Gasteiger partial charge on any atom is -0.468 e. The molecular weight excluding hydrogens is 320 g/mol. The van der Waals surface area contributed by atoms with Crippen LogP contribution in [0.15, 0.2) is 12.1 Å². The smallest absolute Gasteiger partial charge is 0.414 e. The summed E-state index contributed by atoms with van der Waals surface area (Å²) >= 11 is 0. The summed E-state index contributed by atoms with van der Waals surface area (Å²) in [7, 11) is 1.39. The first-order valence-electron chi connectivity index (χ1n) is 8.72. The monoisotopic (exact) mass is 348 g/mol. The average Bonchev–Trinajstić information content (AvgIpc) is 2.52. The zero-order chi connectivity index (χ0) is 18.8. The molecule has 138 valence electrons. The molecule has 1 aromatic heterocycles. The van der Waals surface area contributed by atoms with Crippen molar-refractivity contribution >= 4 is 17.7 Å². The molecule has 0 aliphatic carbocycles. The number of carbonyl (C=O) groups excluding carboxylic acids is 2. The van der Waals surface area contributed by atoms with Crippen molar-refractivity contribution in [2.45, 2.75) is 59.0 Å². The highest BCUT2D eigenvalue weighted by Crippen LogP contribution is 2.31. The van der Waals surface area contributed by atoms with Gasteiger partial charge >= 0.3 is 12.1 Å². The number of anilines is 1. The number of amides is 1. The second-order valence-electron chi connectivity index (χ2n) is 7.68. The van der Waals surface area contributed by atoms with Gasteiger partial charge in [-0.2, -0.15) is 0 Å². The van der Waals surface area contributed by atoms with Gasteiger partial charge in [0.25, 0.3) is 0 Å². The number of carbonyl (C=O) groups is 2. The standard InChI is InChI=1S/C19H28N2O4/c1-12(2)16(17(22)24-6)14-9-10-15-13(20-14)8-7-11-21(15)18(23)25-19(3,4)5/h9-10,12,16H,7-8,11H2,1-6H3. The van der Waals surface area contributed by atoms with Crippen LogP contribution in [0.1, 0.15) is 58.3 Å². The van der Waals surface area contributed by atoms with Crippen LogP contribution in [0, 0.1) is 5.92 Å². The van der Waals surface area contributed by atoms with Crippen molar-refractivity contribution in [3.63, 3.8) is 0 Å². The predicted molar refractivity (Wildman–Crippen MR) is 95.7 cm³/mol. The predicted octanol–water partition coefficient (Wildman–Crippen LogP) is 3.68. The van der Waals surface area contributed by atoms with Crippen LogP contribution >= 0.6 is 0 Å². The van der Waals surface area contributed by atoms with Crippen molar-refractivity contribution in [3.05, 3.63) is 23.5 Å². The Hall–Kier alpha value is -2.11. The van der Waals surface area contributed by atoms with Crippen molar-refractivity contribution in [3.8, 4) is 0 Å². The minimum absolute atomic E-state index is 0.0727. The van der Waals surface area contributed by atoms with Crippen LogP contribution in [-0.2, 0) is 20.7 Å². The summed E-state index contributed by atoms with van der Waals surface area (Å²) in [4.78, 5) is 30.9. The molecule has 1 aromatic rings. The first-order chi connectivity index (χ1) is 11.6. The number of esters is 1. The van der Waals surface area contributed by atoms with Gasteiger partial charge in [-0.3, -0.25) is 14.7 Å². The number of hydrogen-bond acceptors (Lipinski definition) is 5. The lowest BCUT2D eigenvalue weighted by molar-refractivity contribution is -0.143. The van der Waals surface area contributed by atoms with Crippen LogP contribution in [0.4, 0.5) is 10.5 Å². The number of nitrogens with zero attached hydrogens (tertiary/aromatic N) is 2. The van der Waals surface area contributed by atoms with E-state index in [2.05, 4.69) is 4.98 Å². The van der Waals surface area contributed by atoms with Crippen molar-refractivity contribution < 1.29 is 19.1 Å². The van der Waals surface area contributed by atoms with E-state index in [0.717, 1.165) is 24.2 Å². The SMILES string of the molecule is COC(=O)C(c1ccc2c(n1)CCCN2C(=O)OC(C)(C)C)C(C)C. The van der Waals surface area contributed by atoms with Crippen molar-refractivity contribution in [1.29, 1.82) is 0 Å². The number of pyridine rings is 1. The topological polar surface area (TPSA) is 68.7 Å². The zero-order valence-corrected chi connectivity index (χ0v) is 16.0. The van der Waals surface area contributed by atoms with Gasteiger partial charge in [0.15, 0.2) is 0 Å². The number of methoxy groups -OCH3 is 1. The van der Waals surface area contributed by atoms with Crippen LogP contribution in [0.2, 0.25) is 0 Å². The Morgan fingerprint density at radius 3 is 2.48 bits per heavy atom. The quantitative estimate of drug-likeness (QED) is 0.779. The van der Waals surface area contributed by atoms with Gasteiger partial charge in [-0.25, -0.2) is 4.79 Å². The fourth-order valence-electron chi connectivity index (χ4n) is 3.01. The Labute approximate surface area is 149 Å². The summed E-state index contributed by atoms with van der Waals surface area (Å²) in [5.74, 6) is -0.627. The Bertz CT molecular complexity index is 649. The van der Waals surface area contributed by atoms with E-state index in [1.165, 1.54) is 7.11 Å². The lowest BCUT2D eigenvalue weighted by atomic mass is 9.91. The molecule has 2 heterocycles. The van der Waals surface area contributed by atoms with E-state index in [9.17, 15) is 9.59 Å². The molecule has 0 saturated carbocycles. The first kappa shape index (κ1) is 19.2. The highest BCUT2D eigenvalue weighted by molar-refractivity contribution is 5.89. The molecule has 1 aliphatic heterocycles. The number of aromatic nitrogens is 1. The molecule has 0 N–H and O–H groups in total. The highest BCUT2D eigenvalue weighted by atomic mass is 16.6. The van der Waals surface area contributed by atoms with E-state index in [1.807, 2.05) is 46.8 Å². The Morgan fingerprint density at radius 1 is 1.24 bits per heavy atom. The summed E-state index contributed by atoms with van der Waals surface area (Å²) in [5.41, 5.74) is 1.72. The second kappa shape index (κ2) is 7.42. The molecule has 25 heavy (non-hydrogen) atoms. The maximum absolute atomic E-state index is 12.5. The van der Waals surface area contributed by atoms with E-state index < -0.39 is 11.5 Å².